The number of rotatable bonds is 6. The van der Waals surface area contributed by atoms with Crippen molar-refractivity contribution >= 4 is 44.4 Å². The van der Waals surface area contributed by atoms with E-state index in [0.717, 1.165) is 39.8 Å². The first-order valence-electron chi connectivity index (χ1n) is 10.4. The van der Waals surface area contributed by atoms with Gasteiger partial charge in [-0.05, 0) is 43.3 Å². The van der Waals surface area contributed by atoms with Crippen LogP contribution in [0.5, 0.6) is 5.75 Å². The molecular weight excluding hydrogens is 414 g/mol. The van der Waals surface area contributed by atoms with Crippen molar-refractivity contribution < 1.29 is 9.53 Å². The first kappa shape index (κ1) is 21.0. The lowest BCUT2D eigenvalue weighted by molar-refractivity contribution is 0.0746. The smallest absolute Gasteiger partial charge is 0.253 e. The summed E-state index contributed by atoms with van der Waals surface area (Å²) >= 11 is 3.50. The van der Waals surface area contributed by atoms with Gasteiger partial charge in [0.15, 0.2) is 5.13 Å². The number of para-hydroxylation sites is 1. The van der Waals surface area contributed by atoms with Crippen molar-refractivity contribution in [3.8, 4) is 5.75 Å². The molecule has 2 aromatic carbocycles. The third-order valence-electron chi connectivity index (χ3n) is 4.98. The first-order valence-corrected chi connectivity index (χ1v) is 12.1. The summed E-state index contributed by atoms with van der Waals surface area (Å²) in [7, 11) is 0. The second kappa shape index (κ2) is 9.27. The van der Waals surface area contributed by atoms with Crippen LogP contribution >= 0.6 is 23.1 Å². The van der Waals surface area contributed by atoms with Crippen molar-refractivity contribution in [2.45, 2.75) is 30.9 Å². The van der Waals surface area contributed by atoms with Crippen LogP contribution < -0.4 is 9.64 Å². The Labute approximate surface area is 186 Å². The van der Waals surface area contributed by atoms with Crippen LogP contribution in [0.4, 0.5) is 5.13 Å². The van der Waals surface area contributed by atoms with E-state index in [4.69, 9.17) is 9.72 Å². The Morgan fingerprint density at radius 2 is 1.87 bits per heavy atom. The summed E-state index contributed by atoms with van der Waals surface area (Å²) in [5.41, 5.74) is 1.69. The van der Waals surface area contributed by atoms with Crippen LogP contribution in [-0.4, -0.2) is 53.8 Å². The molecule has 30 heavy (non-hydrogen) atoms. The normalized spacial score (nSPS) is 14.5. The zero-order chi connectivity index (χ0) is 21.1. The fraction of sp³-hybridized carbons (Fsp3) is 0.391. The molecule has 1 aliphatic rings. The molecule has 1 fully saturated rings. The number of amides is 1. The first-order chi connectivity index (χ1) is 14.5. The number of carbonyl (C=O) groups is 1. The summed E-state index contributed by atoms with van der Waals surface area (Å²) in [5.74, 6) is 0.948. The third kappa shape index (κ3) is 4.57. The number of carbonyl (C=O) groups excluding carboxylic acids is 1. The molecule has 158 valence electrons. The molecule has 0 N–H and O–H groups in total. The number of anilines is 1. The summed E-state index contributed by atoms with van der Waals surface area (Å²) in [6, 6.07) is 14.1. The van der Waals surface area contributed by atoms with E-state index in [1.54, 1.807) is 11.3 Å². The second-order valence-electron chi connectivity index (χ2n) is 7.50. The molecule has 1 amide bonds. The monoisotopic (exact) mass is 441 g/mol. The van der Waals surface area contributed by atoms with Crippen LogP contribution in [0.25, 0.3) is 10.2 Å². The van der Waals surface area contributed by atoms with E-state index >= 15 is 0 Å². The van der Waals surface area contributed by atoms with Crippen LogP contribution in [0.2, 0.25) is 0 Å². The molecule has 0 atom stereocenters. The maximum absolute atomic E-state index is 12.9. The molecule has 2 heterocycles. The van der Waals surface area contributed by atoms with E-state index in [0.29, 0.717) is 24.9 Å². The van der Waals surface area contributed by atoms with Crippen molar-refractivity contribution in [3.05, 3.63) is 48.0 Å². The molecule has 4 rings (SSSR count). The van der Waals surface area contributed by atoms with Gasteiger partial charge in [0.25, 0.3) is 5.91 Å². The number of piperazine rings is 1. The van der Waals surface area contributed by atoms with Gasteiger partial charge in [-0.25, -0.2) is 4.98 Å². The molecule has 5 nitrogen and oxygen atoms in total. The van der Waals surface area contributed by atoms with E-state index in [1.165, 1.54) is 4.90 Å². The Morgan fingerprint density at radius 3 is 2.53 bits per heavy atom. The number of aromatic nitrogens is 1. The van der Waals surface area contributed by atoms with Gasteiger partial charge in [0.05, 0.1) is 11.3 Å². The number of hydrogen-bond donors (Lipinski definition) is 0. The zero-order valence-electron chi connectivity index (χ0n) is 17.6. The molecule has 0 radical (unpaired) electrons. The molecule has 1 aliphatic heterocycles. The van der Waals surface area contributed by atoms with Crippen molar-refractivity contribution in [1.29, 1.82) is 0 Å². The predicted molar refractivity (Wildman–Crippen MR) is 126 cm³/mol. The molecule has 0 saturated carbocycles. The maximum atomic E-state index is 12.9. The SMILES string of the molecule is CCOc1cccc2sc(N3CCN(C(=O)c4ccc(SC(C)C)cc4)CC3)nc12. The number of benzene rings is 2. The molecule has 0 aliphatic carbocycles. The maximum Gasteiger partial charge on any atom is 0.253 e. The Balaban J connectivity index is 1.40. The predicted octanol–water partition coefficient (Wildman–Crippen LogP) is 5.16. The highest BCUT2D eigenvalue weighted by Gasteiger charge is 2.24. The van der Waals surface area contributed by atoms with Crippen LogP contribution in [0, 0.1) is 0 Å². The summed E-state index contributed by atoms with van der Waals surface area (Å²) in [6.07, 6.45) is 0. The fourth-order valence-electron chi connectivity index (χ4n) is 3.55. The van der Waals surface area contributed by atoms with Crippen LogP contribution in [-0.2, 0) is 0 Å². The van der Waals surface area contributed by atoms with Crippen molar-refractivity contribution in [2.24, 2.45) is 0 Å². The number of thioether (sulfide) groups is 1. The number of nitrogens with zero attached hydrogens (tertiary/aromatic N) is 3. The summed E-state index contributed by atoms with van der Waals surface area (Å²) in [4.78, 5) is 23.2. The van der Waals surface area contributed by atoms with Gasteiger partial charge >= 0.3 is 0 Å². The van der Waals surface area contributed by atoms with Gasteiger partial charge in [-0.1, -0.05) is 31.3 Å². The molecule has 1 aromatic heterocycles. The topological polar surface area (TPSA) is 45.7 Å². The lowest BCUT2D eigenvalue weighted by Crippen LogP contribution is -2.48. The Kier molecular flexibility index (Phi) is 6.49. The minimum absolute atomic E-state index is 0.110. The molecule has 7 heteroatoms. The average Bonchev–Trinajstić information content (AvgIpc) is 3.19. The number of fused-ring (bicyclic) bond motifs is 1. The van der Waals surface area contributed by atoms with Gasteiger partial charge in [0, 0.05) is 41.9 Å². The van der Waals surface area contributed by atoms with Crippen molar-refractivity contribution in [2.75, 3.05) is 37.7 Å². The Bertz CT molecular complexity index is 1010. The molecular formula is C23H27N3O2S2. The number of thiazole rings is 1. The van der Waals surface area contributed by atoms with Gasteiger partial charge in [0.2, 0.25) is 0 Å². The average molecular weight is 442 g/mol. The van der Waals surface area contributed by atoms with E-state index in [2.05, 4.69) is 24.8 Å². The van der Waals surface area contributed by atoms with Gasteiger partial charge in [-0.3, -0.25) is 4.79 Å². The minimum atomic E-state index is 0.110. The highest BCUT2D eigenvalue weighted by Crippen LogP contribution is 2.34. The van der Waals surface area contributed by atoms with Gasteiger partial charge in [-0.15, -0.1) is 11.8 Å². The van der Waals surface area contributed by atoms with E-state index in [1.807, 2.05) is 60.0 Å². The number of ether oxygens (including phenoxy) is 1. The Hall–Kier alpha value is -2.25. The standard InChI is InChI=1S/C23H27N3O2S2/c1-4-28-19-6-5-7-20-21(19)24-23(30-20)26-14-12-25(13-15-26)22(27)17-8-10-18(11-9-17)29-16(2)3/h5-11,16H,4,12-15H2,1-3H3. The van der Waals surface area contributed by atoms with Crippen LogP contribution in [0.1, 0.15) is 31.1 Å². The lowest BCUT2D eigenvalue weighted by Gasteiger charge is -2.34. The van der Waals surface area contributed by atoms with E-state index in [-0.39, 0.29) is 5.91 Å². The van der Waals surface area contributed by atoms with Crippen molar-refractivity contribution in [3.63, 3.8) is 0 Å². The highest BCUT2D eigenvalue weighted by atomic mass is 32.2. The minimum Gasteiger partial charge on any atom is -0.492 e. The van der Waals surface area contributed by atoms with Crippen LogP contribution in [0.3, 0.4) is 0 Å². The quantitative estimate of drug-likeness (QED) is 0.495. The zero-order valence-corrected chi connectivity index (χ0v) is 19.3. The van der Waals surface area contributed by atoms with Gasteiger partial charge in [0.1, 0.15) is 11.3 Å². The molecule has 0 unspecified atom stereocenters. The largest absolute Gasteiger partial charge is 0.492 e. The van der Waals surface area contributed by atoms with Gasteiger partial charge in [-0.2, -0.15) is 0 Å². The van der Waals surface area contributed by atoms with E-state index < -0.39 is 0 Å². The second-order valence-corrected chi connectivity index (χ2v) is 10.2. The molecule has 0 spiro atoms. The lowest BCUT2D eigenvalue weighted by atomic mass is 10.2. The van der Waals surface area contributed by atoms with Crippen LogP contribution in [0.15, 0.2) is 47.4 Å². The third-order valence-corrected chi connectivity index (χ3v) is 7.08. The summed E-state index contributed by atoms with van der Waals surface area (Å²) < 4.78 is 6.85. The van der Waals surface area contributed by atoms with Crippen molar-refractivity contribution in [1.82, 2.24) is 9.88 Å². The van der Waals surface area contributed by atoms with Gasteiger partial charge < -0.3 is 14.5 Å². The van der Waals surface area contributed by atoms with E-state index in [9.17, 15) is 4.79 Å². The number of hydrogen-bond acceptors (Lipinski definition) is 6. The Morgan fingerprint density at radius 1 is 1.13 bits per heavy atom. The fourth-order valence-corrected chi connectivity index (χ4v) is 5.42. The summed E-state index contributed by atoms with van der Waals surface area (Å²) in [6.45, 7) is 9.94. The highest BCUT2D eigenvalue weighted by molar-refractivity contribution is 7.99. The summed E-state index contributed by atoms with van der Waals surface area (Å²) in [5, 5.41) is 1.53. The molecule has 3 aromatic rings. The molecule has 1 saturated heterocycles. The molecule has 0 bridgehead atoms.